The normalized spacial score (nSPS) is 18.8. The van der Waals surface area contributed by atoms with Crippen LogP contribution < -0.4 is 21.7 Å². The molecule has 1 atom stereocenters. The van der Waals surface area contributed by atoms with Gasteiger partial charge in [-0.2, -0.15) is 5.10 Å². The summed E-state index contributed by atoms with van der Waals surface area (Å²) in [5, 5.41) is 8.88. The Kier molecular flexibility index (Phi) is 6.03. The number of thiazole rings is 1. The van der Waals surface area contributed by atoms with Gasteiger partial charge >= 0.3 is 0 Å². The van der Waals surface area contributed by atoms with Crippen molar-refractivity contribution < 1.29 is 9.18 Å². The standard InChI is InChI=1S/C23H28FN7OS/c24-21-17(8-16(26)9-19(21)29-22(32)20-12-33-13-27-20)18-10-28-31(11-14-3-4-14)23(18)30-6-1-2-15(25)5-7-30/h8-10,12-15H,1-7,11,25-26H2,(H,29,32)/t15-/m1/s1. The molecular formula is C23H28FN7OS. The topological polar surface area (TPSA) is 115 Å². The summed E-state index contributed by atoms with van der Waals surface area (Å²) in [5.74, 6) is 0.506. The van der Waals surface area contributed by atoms with Crippen LogP contribution in [0.3, 0.4) is 0 Å². The Morgan fingerprint density at radius 3 is 2.82 bits per heavy atom. The number of hydrogen-bond donors (Lipinski definition) is 3. The molecule has 174 valence electrons. The molecule has 5 N–H and O–H groups in total. The molecule has 0 spiro atoms. The van der Waals surface area contributed by atoms with Crippen molar-refractivity contribution >= 4 is 34.4 Å². The van der Waals surface area contributed by atoms with Crippen LogP contribution in [-0.2, 0) is 6.54 Å². The van der Waals surface area contributed by atoms with Crippen LogP contribution in [0.1, 0.15) is 42.6 Å². The highest BCUT2D eigenvalue weighted by Gasteiger charge is 2.29. The zero-order chi connectivity index (χ0) is 22.9. The Balaban J connectivity index is 1.53. The molecule has 33 heavy (non-hydrogen) atoms. The van der Waals surface area contributed by atoms with E-state index in [-0.39, 0.29) is 17.4 Å². The molecule has 0 unspecified atom stereocenters. The highest BCUT2D eigenvalue weighted by atomic mass is 32.1. The van der Waals surface area contributed by atoms with Crippen molar-refractivity contribution in [3.63, 3.8) is 0 Å². The van der Waals surface area contributed by atoms with E-state index in [1.54, 1.807) is 23.2 Å². The lowest BCUT2D eigenvalue weighted by atomic mass is 10.0. The van der Waals surface area contributed by atoms with Crippen LogP contribution >= 0.6 is 11.3 Å². The molecule has 2 aliphatic rings. The van der Waals surface area contributed by atoms with Crippen molar-refractivity contribution in [2.45, 2.75) is 44.7 Å². The molecule has 1 aliphatic heterocycles. The number of nitrogens with one attached hydrogen (secondary N) is 1. The predicted molar refractivity (Wildman–Crippen MR) is 129 cm³/mol. The summed E-state index contributed by atoms with van der Waals surface area (Å²) < 4.78 is 17.8. The maximum Gasteiger partial charge on any atom is 0.275 e. The zero-order valence-electron chi connectivity index (χ0n) is 18.3. The second-order valence-electron chi connectivity index (χ2n) is 8.94. The van der Waals surface area contributed by atoms with Gasteiger partial charge < -0.3 is 21.7 Å². The number of anilines is 3. The van der Waals surface area contributed by atoms with Gasteiger partial charge in [-0.25, -0.2) is 14.1 Å². The minimum atomic E-state index is -0.536. The molecule has 3 heterocycles. The number of benzene rings is 1. The van der Waals surface area contributed by atoms with E-state index >= 15 is 4.39 Å². The summed E-state index contributed by atoms with van der Waals surface area (Å²) in [4.78, 5) is 18.8. The van der Waals surface area contributed by atoms with Gasteiger partial charge in [0.15, 0.2) is 5.82 Å². The van der Waals surface area contributed by atoms with E-state index < -0.39 is 11.7 Å². The first-order chi connectivity index (χ1) is 16.0. The molecule has 2 aromatic heterocycles. The molecule has 5 rings (SSSR count). The molecule has 1 aromatic carbocycles. The van der Waals surface area contributed by atoms with Gasteiger partial charge in [0, 0.05) is 47.9 Å². The Morgan fingerprint density at radius 1 is 1.21 bits per heavy atom. The highest BCUT2D eigenvalue weighted by Crippen LogP contribution is 2.39. The number of aromatic nitrogens is 3. The monoisotopic (exact) mass is 469 g/mol. The second kappa shape index (κ2) is 9.11. The lowest BCUT2D eigenvalue weighted by Gasteiger charge is -2.25. The van der Waals surface area contributed by atoms with Gasteiger partial charge in [0.2, 0.25) is 0 Å². The van der Waals surface area contributed by atoms with Crippen LogP contribution in [0.15, 0.2) is 29.2 Å². The van der Waals surface area contributed by atoms with Crippen LogP contribution in [0.4, 0.5) is 21.6 Å². The van der Waals surface area contributed by atoms with E-state index in [0.717, 1.165) is 44.7 Å². The van der Waals surface area contributed by atoms with E-state index in [2.05, 4.69) is 20.3 Å². The number of nitrogens with zero attached hydrogens (tertiary/aromatic N) is 4. The fraction of sp³-hybridized carbons (Fsp3) is 0.435. The van der Waals surface area contributed by atoms with E-state index in [1.807, 2.05) is 4.68 Å². The number of nitrogens with two attached hydrogens (primary N) is 2. The molecule has 1 amide bonds. The van der Waals surface area contributed by atoms with Crippen LogP contribution in [0, 0.1) is 11.7 Å². The van der Waals surface area contributed by atoms with Gasteiger partial charge in [-0.3, -0.25) is 4.79 Å². The molecule has 1 aliphatic carbocycles. The van der Waals surface area contributed by atoms with Gasteiger partial charge in [0.1, 0.15) is 11.5 Å². The SMILES string of the molecule is Nc1cc(NC(=O)c2cscn2)c(F)c(-c2cnn(CC3CC3)c2N2CCC[C@@H](N)CC2)c1. The maximum atomic E-state index is 15.8. The minimum absolute atomic E-state index is 0.0294. The molecule has 2 fully saturated rings. The molecule has 1 saturated carbocycles. The van der Waals surface area contributed by atoms with Crippen LogP contribution in [0.5, 0.6) is 0 Å². The average molecular weight is 470 g/mol. The zero-order valence-corrected chi connectivity index (χ0v) is 19.2. The molecule has 8 nitrogen and oxygen atoms in total. The number of carbonyl (C=O) groups is 1. The molecule has 3 aromatic rings. The molecule has 10 heteroatoms. The maximum absolute atomic E-state index is 15.8. The lowest BCUT2D eigenvalue weighted by molar-refractivity contribution is 0.102. The predicted octanol–water partition coefficient (Wildman–Crippen LogP) is 3.71. The van der Waals surface area contributed by atoms with Gasteiger partial charge in [0.05, 0.1) is 17.4 Å². The van der Waals surface area contributed by atoms with E-state index in [4.69, 9.17) is 11.5 Å². The Morgan fingerprint density at radius 2 is 2.06 bits per heavy atom. The minimum Gasteiger partial charge on any atom is -0.399 e. The van der Waals surface area contributed by atoms with Gasteiger partial charge in [-0.05, 0) is 50.2 Å². The average Bonchev–Trinajstić information content (AvgIpc) is 3.32. The Hall–Kier alpha value is -2.98. The van der Waals surface area contributed by atoms with Crippen molar-refractivity contribution in [2.24, 2.45) is 11.7 Å². The number of halogens is 1. The van der Waals surface area contributed by atoms with Crippen LogP contribution in [0.2, 0.25) is 0 Å². The first kappa shape index (κ1) is 21.8. The third-order valence-electron chi connectivity index (χ3n) is 6.31. The van der Waals surface area contributed by atoms with E-state index in [0.29, 0.717) is 22.7 Å². The fourth-order valence-electron chi connectivity index (χ4n) is 4.36. The summed E-state index contributed by atoms with van der Waals surface area (Å²) >= 11 is 1.30. The van der Waals surface area contributed by atoms with Crippen molar-refractivity contribution in [3.8, 4) is 11.1 Å². The van der Waals surface area contributed by atoms with Crippen molar-refractivity contribution in [2.75, 3.05) is 29.0 Å². The van der Waals surface area contributed by atoms with Crippen molar-refractivity contribution in [3.05, 3.63) is 40.7 Å². The number of amides is 1. The Labute approximate surface area is 195 Å². The van der Waals surface area contributed by atoms with Crippen molar-refractivity contribution in [1.29, 1.82) is 0 Å². The quantitative estimate of drug-likeness (QED) is 0.474. The first-order valence-corrected chi connectivity index (χ1v) is 12.3. The third kappa shape index (κ3) is 4.72. The van der Waals surface area contributed by atoms with Crippen LogP contribution in [0.25, 0.3) is 11.1 Å². The molecule has 0 bridgehead atoms. The first-order valence-electron chi connectivity index (χ1n) is 11.3. The van der Waals surface area contributed by atoms with Crippen LogP contribution in [-0.4, -0.2) is 39.8 Å². The smallest absolute Gasteiger partial charge is 0.275 e. The molecular weight excluding hydrogens is 441 g/mol. The molecule has 1 saturated heterocycles. The number of carbonyl (C=O) groups excluding carboxylic acids is 1. The van der Waals surface area contributed by atoms with E-state index in [1.165, 1.54) is 30.2 Å². The highest BCUT2D eigenvalue weighted by molar-refractivity contribution is 7.07. The fourth-order valence-corrected chi connectivity index (χ4v) is 4.89. The third-order valence-corrected chi connectivity index (χ3v) is 6.90. The van der Waals surface area contributed by atoms with Gasteiger partial charge in [-0.15, -0.1) is 11.3 Å². The number of nitrogen functional groups attached to an aromatic ring is 1. The number of rotatable bonds is 6. The Bertz CT molecular complexity index is 1140. The number of hydrogen-bond acceptors (Lipinski definition) is 7. The summed E-state index contributed by atoms with van der Waals surface area (Å²) in [7, 11) is 0. The summed E-state index contributed by atoms with van der Waals surface area (Å²) in [6.45, 7) is 2.45. The van der Waals surface area contributed by atoms with Gasteiger partial charge in [0.25, 0.3) is 5.91 Å². The van der Waals surface area contributed by atoms with Crippen molar-refractivity contribution in [1.82, 2.24) is 14.8 Å². The lowest BCUT2D eigenvalue weighted by Crippen LogP contribution is -2.29. The largest absolute Gasteiger partial charge is 0.399 e. The summed E-state index contributed by atoms with van der Waals surface area (Å²) in [6.07, 6.45) is 6.93. The summed E-state index contributed by atoms with van der Waals surface area (Å²) in [5.41, 5.74) is 15.5. The summed E-state index contributed by atoms with van der Waals surface area (Å²) in [6, 6.07) is 3.22. The van der Waals surface area contributed by atoms with E-state index in [9.17, 15) is 4.79 Å². The second-order valence-corrected chi connectivity index (χ2v) is 9.66. The van der Waals surface area contributed by atoms with Gasteiger partial charge in [-0.1, -0.05) is 0 Å². The molecule has 0 radical (unpaired) electrons.